The average molecular weight is 295 g/mol. The Morgan fingerprint density at radius 1 is 1.40 bits per heavy atom. The summed E-state index contributed by atoms with van der Waals surface area (Å²) >= 11 is 1.43. The van der Waals surface area contributed by atoms with Crippen LogP contribution in [0.1, 0.15) is 12.1 Å². The maximum atomic E-state index is 11.4. The van der Waals surface area contributed by atoms with E-state index in [1.807, 2.05) is 11.4 Å². The zero-order chi connectivity index (χ0) is 14.4. The number of carbonyl (C=O) groups is 2. The average Bonchev–Trinajstić information content (AvgIpc) is 3.06. The highest BCUT2D eigenvalue weighted by Crippen LogP contribution is 2.23. The van der Waals surface area contributed by atoms with Gasteiger partial charge in [-0.2, -0.15) is 0 Å². The Labute approximate surface area is 118 Å². The molecule has 2 rings (SSSR count). The molecule has 0 aliphatic rings. The Bertz CT molecular complexity index is 579. The summed E-state index contributed by atoms with van der Waals surface area (Å²) < 4.78 is 5.23. The van der Waals surface area contributed by atoms with Crippen molar-refractivity contribution in [1.82, 2.24) is 15.6 Å². The maximum Gasteiger partial charge on any atom is 0.315 e. The molecule has 0 unspecified atom stereocenters. The van der Waals surface area contributed by atoms with E-state index in [0.717, 1.165) is 10.7 Å². The number of thiazole rings is 1. The van der Waals surface area contributed by atoms with Gasteiger partial charge in [0.15, 0.2) is 10.8 Å². The molecule has 106 valence electrons. The molecule has 0 radical (unpaired) electrons. The van der Waals surface area contributed by atoms with Crippen LogP contribution in [0.25, 0.3) is 10.8 Å². The molecule has 0 saturated carbocycles. The van der Waals surface area contributed by atoms with Crippen molar-refractivity contribution in [3.8, 4) is 10.8 Å². The molecule has 0 aromatic carbocycles. The summed E-state index contributed by atoms with van der Waals surface area (Å²) in [5, 5.41) is 16.1. The second-order valence-corrected chi connectivity index (χ2v) is 4.73. The van der Waals surface area contributed by atoms with Crippen LogP contribution in [0.4, 0.5) is 4.79 Å². The summed E-state index contributed by atoms with van der Waals surface area (Å²) in [6, 6.07) is 3.18. The normalized spacial score (nSPS) is 10.2. The van der Waals surface area contributed by atoms with Crippen molar-refractivity contribution in [2.45, 2.75) is 13.0 Å². The van der Waals surface area contributed by atoms with Gasteiger partial charge in [-0.15, -0.1) is 11.3 Å². The summed E-state index contributed by atoms with van der Waals surface area (Å²) in [5.74, 6) is -0.264. The molecule has 0 fully saturated rings. The predicted octanol–water partition coefficient (Wildman–Crippen LogP) is 1.68. The number of furan rings is 1. The lowest BCUT2D eigenvalue weighted by atomic mass is 10.4. The molecule has 8 heteroatoms. The molecular formula is C12H13N3O4S. The highest BCUT2D eigenvalue weighted by Gasteiger charge is 2.08. The molecule has 0 aliphatic carbocycles. The fourth-order valence-electron chi connectivity index (χ4n) is 1.42. The Balaban J connectivity index is 1.77. The number of nitrogens with one attached hydrogen (secondary N) is 2. The summed E-state index contributed by atoms with van der Waals surface area (Å²) in [4.78, 5) is 26.0. The number of carbonyl (C=O) groups excluding carboxylic acids is 1. The topological polar surface area (TPSA) is 104 Å². The molecule has 0 saturated heterocycles. The molecule has 2 heterocycles. The summed E-state index contributed by atoms with van der Waals surface area (Å²) in [5.41, 5.74) is 0.717. The lowest BCUT2D eigenvalue weighted by Crippen LogP contribution is -2.36. The summed E-state index contributed by atoms with van der Waals surface area (Å²) in [6.45, 7) is 0.367. The Kier molecular flexibility index (Phi) is 4.72. The highest BCUT2D eigenvalue weighted by molar-refractivity contribution is 7.13. The van der Waals surface area contributed by atoms with E-state index in [2.05, 4.69) is 15.6 Å². The molecule has 2 aromatic heterocycles. The first-order valence-electron chi connectivity index (χ1n) is 5.87. The highest BCUT2D eigenvalue weighted by atomic mass is 32.1. The van der Waals surface area contributed by atoms with E-state index in [9.17, 15) is 9.59 Å². The lowest BCUT2D eigenvalue weighted by Gasteiger charge is -2.04. The van der Waals surface area contributed by atoms with Crippen molar-refractivity contribution in [2.24, 2.45) is 0 Å². The van der Waals surface area contributed by atoms with Crippen molar-refractivity contribution in [2.75, 3.05) is 6.54 Å². The van der Waals surface area contributed by atoms with Gasteiger partial charge in [0, 0.05) is 11.9 Å². The largest absolute Gasteiger partial charge is 0.481 e. The van der Waals surface area contributed by atoms with Gasteiger partial charge in [0.25, 0.3) is 0 Å². The van der Waals surface area contributed by atoms with E-state index >= 15 is 0 Å². The predicted molar refractivity (Wildman–Crippen MR) is 72.3 cm³/mol. The molecule has 0 aliphatic heterocycles. The number of aromatic nitrogens is 1. The minimum absolute atomic E-state index is 0.0931. The van der Waals surface area contributed by atoms with Crippen LogP contribution in [0, 0.1) is 0 Å². The van der Waals surface area contributed by atoms with Gasteiger partial charge >= 0.3 is 12.0 Å². The third-order valence-corrected chi connectivity index (χ3v) is 3.24. The number of hydrogen-bond donors (Lipinski definition) is 3. The summed E-state index contributed by atoms with van der Waals surface area (Å²) in [7, 11) is 0. The Morgan fingerprint density at radius 2 is 2.25 bits per heavy atom. The standard InChI is InChI=1S/C12H13N3O4S/c16-10(17)3-4-13-12(18)14-6-8-7-20-11(15-8)9-2-1-5-19-9/h1-2,5,7H,3-4,6H2,(H,16,17)(H2,13,14,18). The first-order valence-corrected chi connectivity index (χ1v) is 6.75. The van der Waals surface area contributed by atoms with E-state index in [4.69, 9.17) is 9.52 Å². The van der Waals surface area contributed by atoms with Crippen LogP contribution in [-0.2, 0) is 11.3 Å². The van der Waals surface area contributed by atoms with Gasteiger partial charge in [0.05, 0.1) is 24.9 Å². The smallest absolute Gasteiger partial charge is 0.315 e. The van der Waals surface area contributed by atoms with E-state index in [0.29, 0.717) is 5.76 Å². The van der Waals surface area contributed by atoms with Gasteiger partial charge in [-0.05, 0) is 12.1 Å². The van der Waals surface area contributed by atoms with Crippen molar-refractivity contribution < 1.29 is 19.1 Å². The van der Waals surface area contributed by atoms with Gasteiger partial charge < -0.3 is 20.2 Å². The number of aliphatic carboxylic acids is 1. The first-order chi connectivity index (χ1) is 9.65. The third-order valence-electron chi connectivity index (χ3n) is 2.34. The van der Waals surface area contributed by atoms with Gasteiger partial charge in [0.2, 0.25) is 0 Å². The molecule has 0 bridgehead atoms. The second-order valence-electron chi connectivity index (χ2n) is 3.87. The van der Waals surface area contributed by atoms with Gasteiger partial charge in [-0.25, -0.2) is 9.78 Å². The number of hydrogen-bond acceptors (Lipinski definition) is 5. The van der Waals surface area contributed by atoms with E-state index in [-0.39, 0.29) is 19.5 Å². The van der Waals surface area contributed by atoms with E-state index in [1.165, 1.54) is 11.3 Å². The van der Waals surface area contributed by atoms with Crippen LogP contribution < -0.4 is 10.6 Å². The number of carboxylic acids is 1. The molecule has 0 spiro atoms. The van der Waals surface area contributed by atoms with Gasteiger partial charge in [0.1, 0.15) is 0 Å². The molecule has 3 N–H and O–H groups in total. The molecule has 7 nitrogen and oxygen atoms in total. The van der Waals surface area contributed by atoms with Crippen LogP contribution in [0.2, 0.25) is 0 Å². The van der Waals surface area contributed by atoms with Crippen molar-refractivity contribution >= 4 is 23.3 Å². The van der Waals surface area contributed by atoms with Crippen LogP contribution in [0.3, 0.4) is 0 Å². The zero-order valence-electron chi connectivity index (χ0n) is 10.5. The van der Waals surface area contributed by atoms with Gasteiger partial charge in [-0.3, -0.25) is 4.79 Å². The van der Waals surface area contributed by atoms with E-state index < -0.39 is 12.0 Å². The van der Waals surface area contributed by atoms with Gasteiger partial charge in [-0.1, -0.05) is 0 Å². The quantitative estimate of drug-likeness (QED) is 0.752. The number of carboxylic acid groups (broad SMARTS) is 1. The minimum atomic E-state index is -0.951. The molecule has 2 aromatic rings. The maximum absolute atomic E-state index is 11.4. The molecule has 2 amide bonds. The fourth-order valence-corrected chi connectivity index (χ4v) is 2.20. The van der Waals surface area contributed by atoms with Crippen molar-refractivity contribution in [1.29, 1.82) is 0 Å². The Morgan fingerprint density at radius 3 is 2.95 bits per heavy atom. The molecule has 0 atom stereocenters. The number of rotatable bonds is 6. The summed E-state index contributed by atoms with van der Waals surface area (Å²) in [6.07, 6.45) is 1.47. The number of urea groups is 1. The molecule has 20 heavy (non-hydrogen) atoms. The van der Waals surface area contributed by atoms with Crippen LogP contribution in [0.5, 0.6) is 0 Å². The molecular weight excluding hydrogens is 282 g/mol. The zero-order valence-corrected chi connectivity index (χ0v) is 11.3. The third kappa shape index (κ3) is 4.09. The Hall–Kier alpha value is -2.35. The van der Waals surface area contributed by atoms with Crippen LogP contribution in [0.15, 0.2) is 28.2 Å². The van der Waals surface area contributed by atoms with Crippen molar-refractivity contribution in [3.63, 3.8) is 0 Å². The first kappa shape index (κ1) is 14.1. The minimum Gasteiger partial charge on any atom is -0.481 e. The SMILES string of the molecule is O=C(O)CCNC(=O)NCc1csc(-c2ccco2)n1. The monoisotopic (exact) mass is 295 g/mol. The van der Waals surface area contributed by atoms with Crippen LogP contribution >= 0.6 is 11.3 Å². The fraction of sp³-hybridized carbons (Fsp3) is 0.250. The number of nitrogens with zero attached hydrogens (tertiary/aromatic N) is 1. The second kappa shape index (κ2) is 6.71. The lowest BCUT2D eigenvalue weighted by molar-refractivity contribution is -0.136. The van der Waals surface area contributed by atoms with E-state index in [1.54, 1.807) is 12.3 Å². The van der Waals surface area contributed by atoms with Crippen LogP contribution in [-0.4, -0.2) is 28.6 Å². The number of amides is 2. The van der Waals surface area contributed by atoms with Crippen molar-refractivity contribution in [3.05, 3.63) is 29.5 Å².